The molecule has 44 heavy (non-hydrogen) atoms. The van der Waals surface area contributed by atoms with Gasteiger partial charge >= 0.3 is 0 Å². The summed E-state index contributed by atoms with van der Waals surface area (Å²) in [7, 11) is 0. The van der Waals surface area contributed by atoms with E-state index in [4.69, 9.17) is 0 Å². The highest BCUT2D eigenvalue weighted by molar-refractivity contribution is 6.01. The Morgan fingerprint density at radius 2 is 0.864 bits per heavy atom. The van der Waals surface area contributed by atoms with E-state index < -0.39 is 11.8 Å². The summed E-state index contributed by atoms with van der Waals surface area (Å²) in [5.41, 5.74) is 6.67. The van der Waals surface area contributed by atoms with E-state index in [-0.39, 0.29) is 33.5 Å². The lowest BCUT2D eigenvalue weighted by molar-refractivity contribution is 0.0843. The molecule has 6 nitrogen and oxygen atoms in total. The largest absolute Gasteiger partial charge is 0.507 e. The molecule has 0 saturated heterocycles. The number of nitrogens with one attached hydrogen (secondary N) is 2. The van der Waals surface area contributed by atoms with Crippen LogP contribution in [-0.2, 0) is 10.8 Å². The fourth-order valence-electron chi connectivity index (χ4n) is 5.86. The molecule has 0 aromatic heterocycles. The number of rotatable bonds is 20. The van der Waals surface area contributed by atoms with Gasteiger partial charge in [-0.25, -0.2) is 0 Å². The first-order chi connectivity index (χ1) is 20.9. The molecule has 0 fully saturated rings. The molecule has 0 radical (unpaired) electrons. The lowest BCUT2D eigenvalue weighted by Crippen LogP contribution is -2.41. The van der Waals surface area contributed by atoms with Crippen molar-refractivity contribution in [1.82, 2.24) is 10.9 Å². The molecule has 0 heterocycles. The van der Waals surface area contributed by atoms with Crippen LogP contribution in [0.4, 0.5) is 0 Å². The van der Waals surface area contributed by atoms with Gasteiger partial charge in [0.05, 0.1) is 11.1 Å². The van der Waals surface area contributed by atoms with Gasteiger partial charge in [0.15, 0.2) is 0 Å². The van der Waals surface area contributed by atoms with Crippen LogP contribution in [0.3, 0.4) is 0 Å². The van der Waals surface area contributed by atoms with Gasteiger partial charge in [0.2, 0.25) is 0 Å². The summed E-state index contributed by atoms with van der Waals surface area (Å²) >= 11 is 0. The summed E-state index contributed by atoms with van der Waals surface area (Å²) in [5, 5.41) is 20.9. The zero-order valence-corrected chi connectivity index (χ0v) is 28.5. The van der Waals surface area contributed by atoms with Crippen molar-refractivity contribution >= 4 is 11.8 Å². The fourth-order valence-corrected chi connectivity index (χ4v) is 5.86. The molecule has 2 aromatic carbocycles. The zero-order chi connectivity index (χ0) is 32.6. The molecule has 0 aliphatic carbocycles. The maximum atomic E-state index is 13.1. The first-order valence-corrected chi connectivity index (χ1v) is 17.2. The predicted octanol–water partition coefficient (Wildman–Crippen LogP) is 10.0. The third kappa shape index (κ3) is 12.2. The maximum absolute atomic E-state index is 13.1. The van der Waals surface area contributed by atoms with Gasteiger partial charge in [-0.15, -0.1) is 0 Å². The normalized spacial score (nSPS) is 11.9. The van der Waals surface area contributed by atoms with E-state index in [1.807, 2.05) is 12.1 Å². The third-order valence-electron chi connectivity index (χ3n) is 9.15. The van der Waals surface area contributed by atoms with Crippen molar-refractivity contribution in [3.63, 3.8) is 0 Å². The van der Waals surface area contributed by atoms with E-state index >= 15 is 0 Å². The Balaban J connectivity index is 1.98. The predicted molar refractivity (Wildman–Crippen MR) is 182 cm³/mol. The van der Waals surface area contributed by atoms with E-state index in [1.54, 1.807) is 24.3 Å². The van der Waals surface area contributed by atoms with E-state index in [0.29, 0.717) is 0 Å². The molecule has 2 aromatic rings. The number of hydrogen-bond acceptors (Lipinski definition) is 4. The van der Waals surface area contributed by atoms with Crippen LogP contribution in [0, 0.1) is 0 Å². The number of phenolic OH excluding ortho intramolecular Hbond substituents is 2. The molecule has 2 rings (SSSR count). The molecule has 2 amide bonds. The summed E-state index contributed by atoms with van der Waals surface area (Å²) in [6.07, 6.45) is 19.3. The number of hydrogen-bond donors (Lipinski definition) is 4. The monoisotopic (exact) mass is 608 g/mol. The van der Waals surface area contributed by atoms with Crippen molar-refractivity contribution in [1.29, 1.82) is 0 Å². The van der Waals surface area contributed by atoms with Crippen LogP contribution in [0.1, 0.15) is 176 Å². The molecular formula is C38H60N2O4. The molecule has 0 atom stereocenters. The van der Waals surface area contributed by atoms with E-state index in [1.165, 1.54) is 77.0 Å². The summed E-state index contributed by atoms with van der Waals surface area (Å²) in [6.45, 7) is 13.1. The lowest BCUT2D eigenvalue weighted by Gasteiger charge is -2.26. The Hall–Kier alpha value is -3.02. The van der Waals surface area contributed by atoms with Crippen molar-refractivity contribution in [2.75, 3.05) is 0 Å². The quantitative estimate of drug-likeness (QED) is 0.0888. The minimum Gasteiger partial charge on any atom is -0.507 e. The molecule has 246 valence electrons. The van der Waals surface area contributed by atoms with Gasteiger partial charge in [-0.2, -0.15) is 0 Å². The Morgan fingerprint density at radius 1 is 0.545 bits per heavy atom. The highest BCUT2D eigenvalue weighted by Crippen LogP contribution is 2.34. The van der Waals surface area contributed by atoms with Crippen molar-refractivity contribution in [2.24, 2.45) is 0 Å². The standard InChI is InChI=1S/C38H60N2O4/c1-7-9-11-13-15-17-19-25-37(3,4)29-21-23-33(41)31(27-29)35(43)39-40-36(44)32-28-30(22-24-34(32)42)38(5,6)26-20-18-16-14-12-10-8-2/h21-24,27-28,41-42H,7-20,25-26H2,1-6H3,(H,39,43)(H,40,44). The van der Waals surface area contributed by atoms with E-state index in [9.17, 15) is 19.8 Å². The minimum absolute atomic E-state index is 0.101. The van der Waals surface area contributed by atoms with Gasteiger partial charge in [-0.05, 0) is 59.1 Å². The second-order valence-electron chi connectivity index (χ2n) is 13.9. The topological polar surface area (TPSA) is 98.7 Å². The first-order valence-electron chi connectivity index (χ1n) is 17.2. The molecule has 4 N–H and O–H groups in total. The number of unbranched alkanes of at least 4 members (excludes halogenated alkanes) is 12. The zero-order valence-electron chi connectivity index (χ0n) is 28.5. The van der Waals surface area contributed by atoms with Crippen LogP contribution in [0.15, 0.2) is 36.4 Å². The van der Waals surface area contributed by atoms with Crippen molar-refractivity contribution in [2.45, 2.75) is 155 Å². The van der Waals surface area contributed by atoms with E-state index in [0.717, 1.165) is 36.8 Å². The Bertz CT molecular complexity index is 1080. The number of carbonyl (C=O) groups is 2. The van der Waals surface area contributed by atoms with Gasteiger partial charge in [0, 0.05) is 0 Å². The SMILES string of the molecule is CCCCCCCCCC(C)(C)c1ccc(O)c(C(=O)NNC(=O)c2cc(C(C)(C)CCCCCCCCC)ccc2O)c1. The molecule has 0 saturated carbocycles. The van der Waals surface area contributed by atoms with Gasteiger partial charge in [0.25, 0.3) is 11.8 Å². The highest BCUT2D eigenvalue weighted by atomic mass is 16.3. The summed E-state index contributed by atoms with van der Waals surface area (Å²) in [5.74, 6) is -1.52. The molecule has 0 spiro atoms. The van der Waals surface area contributed by atoms with Crippen LogP contribution in [0.2, 0.25) is 0 Å². The van der Waals surface area contributed by atoms with E-state index in [2.05, 4.69) is 52.4 Å². The number of amides is 2. The molecule has 0 aliphatic heterocycles. The van der Waals surface area contributed by atoms with Crippen molar-refractivity contribution < 1.29 is 19.8 Å². The molecule has 0 unspecified atom stereocenters. The molecule has 0 aliphatic rings. The van der Waals surface area contributed by atoms with Gasteiger partial charge in [-0.3, -0.25) is 20.4 Å². The van der Waals surface area contributed by atoms with Crippen molar-refractivity contribution in [3.05, 3.63) is 58.7 Å². The Morgan fingerprint density at radius 3 is 1.20 bits per heavy atom. The first kappa shape index (κ1) is 37.2. The second-order valence-corrected chi connectivity index (χ2v) is 13.9. The van der Waals surface area contributed by atoms with Gasteiger partial charge in [0.1, 0.15) is 11.5 Å². The second kappa shape index (κ2) is 18.7. The Kier molecular flexibility index (Phi) is 15.8. The number of phenols is 2. The van der Waals surface area contributed by atoms with Crippen LogP contribution in [-0.4, -0.2) is 22.0 Å². The van der Waals surface area contributed by atoms with Gasteiger partial charge in [-0.1, -0.05) is 144 Å². The summed E-state index contributed by atoms with van der Waals surface area (Å²) in [6, 6.07) is 10.2. The summed E-state index contributed by atoms with van der Waals surface area (Å²) < 4.78 is 0. The Labute approximate surface area is 267 Å². The average Bonchev–Trinajstić information content (AvgIpc) is 2.99. The minimum atomic E-state index is -0.612. The molecular weight excluding hydrogens is 548 g/mol. The number of aromatic hydroxyl groups is 2. The molecule has 0 bridgehead atoms. The third-order valence-corrected chi connectivity index (χ3v) is 9.15. The average molecular weight is 609 g/mol. The van der Waals surface area contributed by atoms with Crippen LogP contribution in [0.25, 0.3) is 0 Å². The fraction of sp³-hybridized carbons (Fsp3) is 0.632. The summed E-state index contributed by atoms with van der Waals surface area (Å²) in [4.78, 5) is 26.1. The highest BCUT2D eigenvalue weighted by Gasteiger charge is 2.25. The maximum Gasteiger partial charge on any atom is 0.273 e. The van der Waals surface area contributed by atoms with Crippen molar-refractivity contribution in [3.8, 4) is 11.5 Å². The molecule has 6 heteroatoms. The van der Waals surface area contributed by atoms with Gasteiger partial charge < -0.3 is 10.2 Å². The smallest absolute Gasteiger partial charge is 0.273 e. The van der Waals surface area contributed by atoms with Crippen LogP contribution < -0.4 is 10.9 Å². The number of carbonyl (C=O) groups excluding carboxylic acids is 2. The lowest BCUT2D eigenvalue weighted by atomic mass is 9.79. The van der Waals surface area contributed by atoms with Crippen LogP contribution in [0.5, 0.6) is 11.5 Å². The van der Waals surface area contributed by atoms with Crippen LogP contribution >= 0.6 is 0 Å². The number of benzene rings is 2. The number of hydrazine groups is 1.